The molecule has 7 nitrogen and oxygen atoms in total. The minimum Gasteiger partial charge on any atom is -0.469 e. The molecular formula is C35H52O7. The molecule has 10 unspecified atom stereocenters. The molecule has 0 aromatic rings. The molecule has 0 amide bonds. The van der Waals surface area contributed by atoms with E-state index in [9.17, 15) is 14.4 Å². The highest BCUT2D eigenvalue weighted by Gasteiger charge is 2.69. The molecule has 0 N–H and O–H groups in total. The molecule has 0 aromatic heterocycles. The van der Waals surface area contributed by atoms with Gasteiger partial charge in [0.05, 0.1) is 26.2 Å². The maximum absolute atomic E-state index is 12.7. The quantitative estimate of drug-likeness (QED) is 0.177. The second-order valence-corrected chi connectivity index (χ2v) is 14.3. The fraction of sp³-hybridized carbons (Fsp3) is 0.743. The van der Waals surface area contributed by atoms with E-state index in [2.05, 4.69) is 53.3 Å². The standard InChI is InChI=1S/C35H52O7/c1-20(2)15-25-16-24(19-40-25)26-11-12-28-33(26,7)14-13-29-34(8,31(42-23(6)37)18-32(38)39-10)27(21(3)4)17-30(35(28,29)9)41-22(5)36/h12,15,24-27,29-31H,3,11,13-14,16-19H2,1-2,4-10H3. The van der Waals surface area contributed by atoms with E-state index in [-0.39, 0.29) is 41.8 Å². The molecule has 0 aromatic carbocycles. The van der Waals surface area contributed by atoms with Crippen LogP contribution in [-0.4, -0.2) is 49.9 Å². The van der Waals surface area contributed by atoms with Gasteiger partial charge >= 0.3 is 17.9 Å². The molecule has 1 saturated heterocycles. The summed E-state index contributed by atoms with van der Waals surface area (Å²) in [6.45, 7) is 21.0. The summed E-state index contributed by atoms with van der Waals surface area (Å²) < 4.78 is 23.5. The van der Waals surface area contributed by atoms with Crippen LogP contribution in [0.15, 0.2) is 35.5 Å². The number of ether oxygens (including phenoxy) is 4. The first-order valence-electron chi connectivity index (χ1n) is 15.6. The molecule has 1 heterocycles. The molecule has 0 bridgehead atoms. The maximum Gasteiger partial charge on any atom is 0.309 e. The zero-order chi connectivity index (χ0) is 31.2. The van der Waals surface area contributed by atoms with Crippen molar-refractivity contribution in [3.63, 3.8) is 0 Å². The summed E-state index contributed by atoms with van der Waals surface area (Å²) in [5, 5.41) is 0. The lowest BCUT2D eigenvalue weighted by Crippen LogP contribution is -2.65. The summed E-state index contributed by atoms with van der Waals surface area (Å²) in [4.78, 5) is 37.7. The van der Waals surface area contributed by atoms with Crippen molar-refractivity contribution in [1.82, 2.24) is 0 Å². The van der Waals surface area contributed by atoms with Gasteiger partial charge in [-0.1, -0.05) is 56.2 Å². The molecule has 7 heteroatoms. The Bertz CT molecular complexity index is 1160. The number of hydrogen-bond acceptors (Lipinski definition) is 7. The van der Waals surface area contributed by atoms with Crippen molar-refractivity contribution in [3.05, 3.63) is 35.5 Å². The van der Waals surface area contributed by atoms with Gasteiger partial charge in [-0.3, -0.25) is 14.4 Å². The predicted octanol–water partition coefficient (Wildman–Crippen LogP) is 6.76. The zero-order valence-electron chi connectivity index (χ0n) is 27.2. The van der Waals surface area contributed by atoms with Crippen molar-refractivity contribution in [2.24, 2.45) is 39.9 Å². The molecule has 0 radical (unpaired) electrons. The Morgan fingerprint density at radius 3 is 2.36 bits per heavy atom. The van der Waals surface area contributed by atoms with Gasteiger partial charge in [0.25, 0.3) is 0 Å². The third kappa shape index (κ3) is 5.51. The molecule has 0 spiro atoms. The van der Waals surface area contributed by atoms with Gasteiger partial charge < -0.3 is 18.9 Å². The van der Waals surface area contributed by atoms with E-state index >= 15 is 0 Å². The summed E-state index contributed by atoms with van der Waals surface area (Å²) in [5.41, 5.74) is 2.33. The lowest BCUT2D eigenvalue weighted by molar-refractivity contribution is -0.207. The highest BCUT2D eigenvalue weighted by Crippen LogP contribution is 2.72. The summed E-state index contributed by atoms with van der Waals surface area (Å²) in [5.74, 6) is -0.432. The fourth-order valence-corrected chi connectivity index (χ4v) is 9.87. The highest BCUT2D eigenvalue weighted by atomic mass is 16.6. The average molecular weight is 585 g/mol. The first-order valence-corrected chi connectivity index (χ1v) is 15.6. The van der Waals surface area contributed by atoms with Gasteiger partial charge in [0, 0.05) is 24.7 Å². The number of hydrogen-bond donors (Lipinski definition) is 0. The van der Waals surface area contributed by atoms with Crippen LogP contribution in [0.1, 0.15) is 93.9 Å². The number of carbonyl (C=O) groups excluding carboxylic acids is 3. The first-order chi connectivity index (χ1) is 19.6. The fourth-order valence-electron chi connectivity index (χ4n) is 9.87. The van der Waals surface area contributed by atoms with Crippen molar-refractivity contribution in [2.75, 3.05) is 13.7 Å². The van der Waals surface area contributed by atoms with E-state index in [1.165, 1.54) is 32.1 Å². The zero-order valence-corrected chi connectivity index (χ0v) is 27.2. The van der Waals surface area contributed by atoms with Crippen LogP contribution in [0.25, 0.3) is 0 Å². The van der Waals surface area contributed by atoms with Crippen LogP contribution >= 0.6 is 0 Å². The molecule has 42 heavy (non-hydrogen) atoms. The van der Waals surface area contributed by atoms with Gasteiger partial charge in [-0.05, 0) is 82.0 Å². The van der Waals surface area contributed by atoms with Crippen LogP contribution in [0, 0.1) is 39.9 Å². The Balaban J connectivity index is 1.80. The topological polar surface area (TPSA) is 88.1 Å². The minimum absolute atomic E-state index is 0.0323. The minimum atomic E-state index is -0.707. The van der Waals surface area contributed by atoms with Crippen molar-refractivity contribution >= 4 is 17.9 Å². The number of rotatable bonds is 8. The second kappa shape index (κ2) is 11.9. The molecule has 4 aliphatic rings. The van der Waals surface area contributed by atoms with Gasteiger partial charge in [-0.2, -0.15) is 0 Å². The molecule has 3 fully saturated rings. The average Bonchev–Trinajstić information content (AvgIpc) is 3.48. The maximum atomic E-state index is 12.7. The van der Waals surface area contributed by atoms with Crippen molar-refractivity contribution in [2.45, 2.75) is 112 Å². The normalized spacial score (nSPS) is 39.7. The smallest absolute Gasteiger partial charge is 0.309 e. The van der Waals surface area contributed by atoms with Crippen LogP contribution in [-0.2, 0) is 33.3 Å². The summed E-state index contributed by atoms with van der Waals surface area (Å²) in [7, 11) is 1.36. The van der Waals surface area contributed by atoms with E-state index in [0.29, 0.717) is 18.3 Å². The Kier molecular flexibility index (Phi) is 9.24. The number of fused-ring (bicyclic) bond motifs is 3. The van der Waals surface area contributed by atoms with E-state index in [1.807, 2.05) is 6.92 Å². The molecule has 10 atom stereocenters. The van der Waals surface area contributed by atoms with E-state index < -0.39 is 28.9 Å². The molecule has 234 valence electrons. The van der Waals surface area contributed by atoms with Crippen molar-refractivity contribution in [3.8, 4) is 0 Å². The van der Waals surface area contributed by atoms with Gasteiger partial charge in [-0.15, -0.1) is 0 Å². The van der Waals surface area contributed by atoms with Gasteiger partial charge in [-0.25, -0.2) is 0 Å². The van der Waals surface area contributed by atoms with Crippen molar-refractivity contribution < 1.29 is 33.3 Å². The third-order valence-corrected chi connectivity index (χ3v) is 11.5. The van der Waals surface area contributed by atoms with Crippen LogP contribution in [0.4, 0.5) is 0 Å². The Morgan fingerprint density at radius 2 is 1.79 bits per heavy atom. The second-order valence-electron chi connectivity index (χ2n) is 14.3. The molecule has 2 saturated carbocycles. The predicted molar refractivity (Wildman–Crippen MR) is 161 cm³/mol. The summed E-state index contributed by atoms with van der Waals surface area (Å²) >= 11 is 0. The van der Waals surface area contributed by atoms with Crippen molar-refractivity contribution in [1.29, 1.82) is 0 Å². The van der Waals surface area contributed by atoms with E-state index in [1.54, 1.807) is 0 Å². The Morgan fingerprint density at radius 1 is 1.10 bits per heavy atom. The lowest BCUT2D eigenvalue weighted by atomic mass is 9.40. The largest absolute Gasteiger partial charge is 0.469 e. The Hall–Kier alpha value is -2.41. The Labute approximate surface area is 252 Å². The molecule has 4 rings (SSSR count). The van der Waals surface area contributed by atoms with Crippen LogP contribution in [0.3, 0.4) is 0 Å². The van der Waals surface area contributed by atoms with Crippen LogP contribution < -0.4 is 0 Å². The number of carbonyl (C=O) groups is 3. The van der Waals surface area contributed by atoms with Gasteiger partial charge in [0.1, 0.15) is 12.2 Å². The molecule has 1 aliphatic heterocycles. The van der Waals surface area contributed by atoms with Crippen LogP contribution in [0.5, 0.6) is 0 Å². The third-order valence-electron chi connectivity index (χ3n) is 11.5. The summed E-state index contributed by atoms with van der Waals surface area (Å²) in [6, 6.07) is 0. The lowest BCUT2D eigenvalue weighted by Gasteiger charge is -2.65. The number of methoxy groups -OCH3 is 1. The summed E-state index contributed by atoms with van der Waals surface area (Å²) in [6.07, 6.45) is 8.05. The monoisotopic (exact) mass is 584 g/mol. The first kappa shape index (κ1) is 32.5. The van der Waals surface area contributed by atoms with Gasteiger partial charge in [0.15, 0.2) is 0 Å². The van der Waals surface area contributed by atoms with Crippen LogP contribution in [0.2, 0.25) is 0 Å². The number of allylic oxidation sites excluding steroid dienone is 3. The van der Waals surface area contributed by atoms with E-state index in [0.717, 1.165) is 37.9 Å². The molecule has 3 aliphatic carbocycles. The SMILES string of the molecule is C=C(C)C1CC(OC(C)=O)C2(C)C3=CCC(C4COC(C=C(C)C)C4)C3(C)CCC2C1(C)C(CC(=O)OC)OC(C)=O. The van der Waals surface area contributed by atoms with Gasteiger partial charge in [0.2, 0.25) is 0 Å². The molecular weight excluding hydrogens is 532 g/mol. The van der Waals surface area contributed by atoms with E-state index in [4.69, 9.17) is 18.9 Å². The highest BCUT2D eigenvalue weighted by molar-refractivity contribution is 5.71. The number of esters is 3.